The van der Waals surface area contributed by atoms with Gasteiger partial charge in [-0.2, -0.15) is 5.10 Å². The maximum absolute atomic E-state index is 13.6. The first-order valence-electron chi connectivity index (χ1n) is 5.53. The summed E-state index contributed by atoms with van der Waals surface area (Å²) >= 11 is 3.09. The summed E-state index contributed by atoms with van der Waals surface area (Å²) in [7, 11) is -3.92. The number of hydrogen-bond acceptors (Lipinski definition) is 4. The van der Waals surface area contributed by atoms with Crippen molar-refractivity contribution in [2.75, 3.05) is 11.3 Å². The molecular formula is C11H11BrFN3O3S. The van der Waals surface area contributed by atoms with Gasteiger partial charge in [-0.15, -0.1) is 0 Å². The lowest BCUT2D eigenvalue weighted by Gasteiger charge is -2.07. The number of anilines is 1. The lowest BCUT2D eigenvalue weighted by molar-refractivity contribution is 0.269. The van der Waals surface area contributed by atoms with Crippen LogP contribution in [0.4, 0.5) is 10.1 Å². The molecule has 0 saturated carbocycles. The maximum atomic E-state index is 13.6. The zero-order valence-electron chi connectivity index (χ0n) is 10.1. The van der Waals surface area contributed by atoms with Gasteiger partial charge < -0.3 is 5.11 Å². The third-order valence-corrected chi connectivity index (χ3v) is 4.24. The molecule has 108 valence electrons. The van der Waals surface area contributed by atoms with E-state index >= 15 is 0 Å². The summed E-state index contributed by atoms with van der Waals surface area (Å²) in [6.45, 7) is 0.0259. The number of benzene rings is 1. The summed E-state index contributed by atoms with van der Waals surface area (Å²) in [5, 5.41) is 12.5. The van der Waals surface area contributed by atoms with Crippen molar-refractivity contribution in [3.63, 3.8) is 0 Å². The summed E-state index contributed by atoms with van der Waals surface area (Å²) in [5.41, 5.74) is -0.150. The molecule has 0 fully saturated rings. The predicted molar refractivity (Wildman–Crippen MR) is 74.2 cm³/mol. The van der Waals surface area contributed by atoms with E-state index in [-0.39, 0.29) is 23.7 Å². The van der Waals surface area contributed by atoms with Crippen LogP contribution in [0.1, 0.15) is 0 Å². The van der Waals surface area contributed by atoms with Gasteiger partial charge in [-0.25, -0.2) is 12.8 Å². The Morgan fingerprint density at radius 3 is 2.85 bits per heavy atom. The lowest BCUT2D eigenvalue weighted by atomic mass is 10.3. The molecule has 1 heterocycles. The largest absolute Gasteiger partial charge is 0.394 e. The van der Waals surface area contributed by atoms with Crippen molar-refractivity contribution in [1.29, 1.82) is 0 Å². The molecule has 20 heavy (non-hydrogen) atoms. The molecule has 0 amide bonds. The minimum Gasteiger partial charge on any atom is -0.394 e. The van der Waals surface area contributed by atoms with E-state index in [2.05, 4.69) is 25.8 Å². The lowest BCUT2D eigenvalue weighted by Crippen LogP contribution is -2.13. The van der Waals surface area contributed by atoms with E-state index in [0.29, 0.717) is 4.47 Å². The fourth-order valence-corrected chi connectivity index (χ4v) is 2.84. The Bertz CT molecular complexity index is 717. The Morgan fingerprint density at radius 1 is 1.45 bits per heavy atom. The van der Waals surface area contributed by atoms with Gasteiger partial charge in [0.2, 0.25) is 0 Å². The zero-order valence-corrected chi connectivity index (χ0v) is 12.5. The Kier molecular flexibility index (Phi) is 4.41. The van der Waals surface area contributed by atoms with Gasteiger partial charge in [0, 0.05) is 10.7 Å². The second-order valence-electron chi connectivity index (χ2n) is 3.89. The molecule has 9 heteroatoms. The van der Waals surface area contributed by atoms with E-state index in [1.165, 1.54) is 23.0 Å². The number of aliphatic hydroxyl groups is 1. The molecule has 0 bridgehead atoms. The van der Waals surface area contributed by atoms with Crippen LogP contribution in [0.3, 0.4) is 0 Å². The van der Waals surface area contributed by atoms with Gasteiger partial charge >= 0.3 is 0 Å². The Hall–Kier alpha value is -1.45. The number of rotatable bonds is 5. The van der Waals surface area contributed by atoms with Crippen LogP contribution in [0.15, 0.2) is 40.0 Å². The van der Waals surface area contributed by atoms with Crippen molar-refractivity contribution in [2.24, 2.45) is 0 Å². The molecule has 0 aliphatic carbocycles. The zero-order chi connectivity index (χ0) is 14.8. The molecule has 2 aromatic rings. The molecule has 1 aromatic carbocycles. The molecule has 0 unspecified atom stereocenters. The van der Waals surface area contributed by atoms with Crippen molar-refractivity contribution in [1.82, 2.24) is 9.78 Å². The quantitative estimate of drug-likeness (QED) is 0.844. The van der Waals surface area contributed by atoms with Gasteiger partial charge in [0.1, 0.15) is 10.7 Å². The molecule has 2 N–H and O–H groups in total. The van der Waals surface area contributed by atoms with Crippen molar-refractivity contribution < 1.29 is 17.9 Å². The van der Waals surface area contributed by atoms with Crippen LogP contribution in [0.5, 0.6) is 0 Å². The molecule has 0 radical (unpaired) electrons. The molecule has 0 spiro atoms. The normalized spacial score (nSPS) is 11.6. The Labute approximate surface area is 123 Å². The SMILES string of the molecule is O=S(=O)(Nc1ccc(Br)cc1F)c1cnn(CCO)c1. The summed E-state index contributed by atoms with van der Waals surface area (Å²) < 4.78 is 41.7. The topological polar surface area (TPSA) is 84.2 Å². The highest BCUT2D eigenvalue weighted by atomic mass is 79.9. The first-order valence-corrected chi connectivity index (χ1v) is 7.81. The highest BCUT2D eigenvalue weighted by Gasteiger charge is 2.18. The van der Waals surface area contributed by atoms with E-state index < -0.39 is 15.8 Å². The number of aromatic nitrogens is 2. The summed E-state index contributed by atoms with van der Waals surface area (Å²) in [4.78, 5) is -0.103. The molecule has 0 saturated heterocycles. The summed E-state index contributed by atoms with van der Waals surface area (Å²) in [6.07, 6.45) is 2.39. The van der Waals surface area contributed by atoms with Gasteiger partial charge in [-0.1, -0.05) is 15.9 Å². The molecule has 0 atom stereocenters. The minimum absolute atomic E-state index is 0.103. The number of aliphatic hydroxyl groups excluding tert-OH is 1. The van der Waals surface area contributed by atoms with Crippen molar-refractivity contribution in [3.8, 4) is 0 Å². The third-order valence-electron chi connectivity index (χ3n) is 2.42. The smallest absolute Gasteiger partial charge is 0.265 e. The first-order chi connectivity index (χ1) is 9.42. The van der Waals surface area contributed by atoms with E-state index in [0.717, 1.165) is 12.3 Å². The fourth-order valence-electron chi connectivity index (χ4n) is 1.48. The highest BCUT2D eigenvalue weighted by molar-refractivity contribution is 9.10. The van der Waals surface area contributed by atoms with Crippen LogP contribution >= 0.6 is 15.9 Å². The predicted octanol–water partition coefficient (Wildman–Crippen LogP) is 1.58. The van der Waals surface area contributed by atoms with E-state index in [4.69, 9.17) is 5.11 Å². The van der Waals surface area contributed by atoms with Crippen LogP contribution in [-0.2, 0) is 16.6 Å². The Balaban J connectivity index is 2.26. The molecule has 0 aliphatic heterocycles. The number of nitrogens with one attached hydrogen (secondary N) is 1. The first kappa shape index (κ1) is 14.9. The third kappa shape index (κ3) is 3.35. The van der Waals surface area contributed by atoms with Crippen molar-refractivity contribution in [2.45, 2.75) is 11.4 Å². The van der Waals surface area contributed by atoms with Crippen molar-refractivity contribution >= 4 is 31.6 Å². The molecule has 2 rings (SSSR count). The van der Waals surface area contributed by atoms with E-state index in [1.54, 1.807) is 0 Å². The maximum Gasteiger partial charge on any atom is 0.265 e. The fraction of sp³-hybridized carbons (Fsp3) is 0.182. The van der Waals surface area contributed by atoms with Crippen molar-refractivity contribution in [3.05, 3.63) is 40.9 Å². The van der Waals surface area contributed by atoms with E-state index in [1.807, 2.05) is 0 Å². The van der Waals surface area contributed by atoms with Crippen LogP contribution in [-0.4, -0.2) is 29.9 Å². The van der Waals surface area contributed by atoms with Gasteiger partial charge in [-0.3, -0.25) is 9.40 Å². The van der Waals surface area contributed by atoms with Crippen LogP contribution in [0.2, 0.25) is 0 Å². The van der Waals surface area contributed by atoms with Crippen LogP contribution < -0.4 is 4.72 Å². The minimum atomic E-state index is -3.92. The number of halogens is 2. The van der Waals surface area contributed by atoms with Crippen LogP contribution in [0, 0.1) is 5.82 Å². The van der Waals surface area contributed by atoms with Gasteiger partial charge in [0.25, 0.3) is 10.0 Å². The molecule has 1 aromatic heterocycles. The average Bonchev–Trinajstić information content (AvgIpc) is 2.83. The van der Waals surface area contributed by atoms with Gasteiger partial charge in [0.05, 0.1) is 25.0 Å². The number of sulfonamides is 1. The standard InChI is InChI=1S/C11H11BrFN3O3S/c12-8-1-2-11(10(13)5-8)15-20(18,19)9-6-14-16(7-9)3-4-17/h1-2,5-7,15,17H,3-4H2. The molecule has 0 aliphatic rings. The number of nitrogens with zero attached hydrogens (tertiary/aromatic N) is 2. The molecule has 6 nitrogen and oxygen atoms in total. The average molecular weight is 364 g/mol. The Morgan fingerprint density at radius 2 is 2.20 bits per heavy atom. The monoisotopic (exact) mass is 363 g/mol. The second-order valence-corrected chi connectivity index (χ2v) is 6.49. The van der Waals surface area contributed by atoms with Gasteiger partial charge in [-0.05, 0) is 18.2 Å². The van der Waals surface area contributed by atoms with E-state index in [9.17, 15) is 12.8 Å². The second kappa shape index (κ2) is 5.90. The summed E-state index contributed by atoms with van der Waals surface area (Å²) in [6, 6.07) is 4.00. The van der Waals surface area contributed by atoms with Gasteiger partial charge in [0.15, 0.2) is 0 Å². The summed E-state index contributed by atoms with van der Waals surface area (Å²) in [5.74, 6) is -0.689. The molecular weight excluding hydrogens is 353 g/mol. The number of hydrogen-bond donors (Lipinski definition) is 2. The van der Waals surface area contributed by atoms with Crippen LogP contribution in [0.25, 0.3) is 0 Å². The highest BCUT2D eigenvalue weighted by Crippen LogP contribution is 2.22.